The summed E-state index contributed by atoms with van der Waals surface area (Å²) >= 11 is 11.3. The number of halogens is 1. The SMILES string of the molecule is Cc1ccc(NC(=S)NNC(=O)c2ccc(-c3ccccc3Cl)o2)cc1. The summed E-state index contributed by atoms with van der Waals surface area (Å²) in [6, 6.07) is 18.2. The predicted molar refractivity (Wildman–Crippen MR) is 107 cm³/mol. The number of anilines is 1. The molecular weight excluding hydrogens is 370 g/mol. The summed E-state index contributed by atoms with van der Waals surface area (Å²) in [4.78, 5) is 12.2. The summed E-state index contributed by atoms with van der Waals surface area (Å²) < 4.78 is 5.58. The Morgan fingerprint density at radius 3 is 2.46 bits per heavy atom. The number of hydrazine groups is 1. The monoisotopic (exact) mass is 385 g/mol. The number of carbonyl (C=O) groups excluding carboxylic acids is 1. The van der Waals surface area contributed by atoms with Gasteiger partial charge in [-0.3, -0.25) is 15.6 Å². The van der Waals surface area contributed by atoms with Crippen LogP contribution in [-0.2, 0) is 0 Å². The van der Waals surface area contributed by atoms with E-state index in [1.165, 1.54) is 0 Å². The number of nitrogens with one attached hydrogen (secondary N) is 3. The summed E-state index contributed by atoms with van der Waals surface area (Å²) in [5, 5.41) is 3.79. The average Bonchev–Trinajstić information content (AvgIpc) is 3.12. The van der Waals surface area contributed by atoms with E-state index in [1.54, 1.807) is 18.2 Å². The van der Waals surface area contributed by atoms with Crippen molar-refractivity contribution in [1.82, 2.24) is 10.9 Å². The maximum Gasteiger partial charge on any atom is 0.305 e. The Balaban J connectivity index is 1.58. The van der Waals surface area contributed by atoms with Crippen LogP contribution in [0.5, 0.6) is 0 Å². The molecule has 26 heavy (non-hydrogen) atoms. The van der Waals surface area contributed by atoms with Crippen molar-refractivity contribution in [3.05, 3.63) is 77.0 Å². The molecule has 0 aliphatic rings. The third-order valence-corrected chi connectivity index (χ3v) is 4.10. The molecule has 3 aromatic rings. The fraction of sp³-hybridized carbons (Fsp3) is 0.0526. The van der Waals surface area contributed by atoms with Gasteiger partial charge in [-0.05, 0) is 55.5 Å². The Kier molecular flexibility index (Phi) is 5.55. The highest BCUT2D eigenvalue weighted by Gasteiger charge is 2.13. The van der Waals surface area contributed by atoms with Crippen molar-refractivity contribution in [2.75, 3.05) is 5.32 Å². The molecule has 3 N–H and O–H groups in total. The van der Waals surface area contributed by atoms with Gasteiger partial charge in [0, 0.05) is 11.3 Å². The van der Waals surface area contributed by atoms with Crippen molar-refractivity contribution in [2.24, 2.45) is 0 Å². The molecule has 0 unspecified atom stereocenters. The Bertz CT molecular complexity index is 938. The normalized spacial score (nSPS) is 10.2. The number of hydrogen-bond acceptors (Lipinski definition) is 3. The minimum absolute atomic E-state index is 0.144. The lowest BCUT2D eigenvalue weighted by atomic mass is 10.2. The molecule has 0 aliphatic carbocycles. The summed E-state index contributed by atoms with van der Waals surface area (Å²) in [6.45, 7) is 2.00. The lowest BCUT2D eigenvalue weighted by molar-refractivity contribution is 0.0917. The van der Waals surface area contributed by atoms with Gasteiger partial charge >= 0.3 is 5.91 Å². The Morgan fingerprint density at radius 2 is 1.73 bits per heavy atom. The minimum atomic E-state index is -0.448. The molecule has 0 fully saturated rings. The topological polar surface area (TPSA) is 66.3 Å². The second-order valence-electron chi connectivity index (χ2n) is 5.54. The summed E-state index contributed by atoms with van der Waals surface area (Å²) in [5.41, 5.74) is 7.82. The van der Waals surface area contributed by atoms with Crippen molar-refractivity contribution in [1.29, 1.82) is 0 Å². The number of hydrogen-bond donors (Lipinski definition) is 3. The van der Waals surface area contributed by atoms with E-state index in [0.29, 0.717) is 10.8 Å². The highest BCUT2D eigenvalue weighted by molar-refractivity contribution is 7.80. The molecule has 0 aliphatic heterocycles. The zero-order chi connectivity index (χ0) is 18.5. The summed E-state index contributed by atoms with van der Waals surface area (Å²) in [5.74, 6) is 0.211. The third kappa shape index (κ3) is 4.41. The smallest absolute Gasteiger partial charge is 0.305 e. The maximum absolute atomic E-state index is 12.2. The van der Waals surface area contributed by atoms with E-state index in [0.717, 1.165) is 16.8 Å². The first-order chi connectivity index (χ1) is 12.5. The van der Waals surface area contributed by atoms with E-state index in [1.807, 2.05) is 49.4 Å². The molecule has 0 bridgehead atoms. The minimum Gasteiger partial charge on any atom is -0.451 e. The van der Waals surface area contributed by atoms with Gasteiger partial charge in [0.25, 0.3) is 0 Å². The molecule has 0 saturated carbocycles. The molecule has 0 atom stereocenters. The number of furan rings is 1. The predicted octanol–water partition coefficient (Wildman–Crippen LogP) is 4.54. The maximum atomic E-state index is 12.2. The summed E-state index contributed by atoms with van der Waals surface area (Å²) in [7, 11) is 0. The van der Waals surface area contributed by atoms with Crippen LogP contribution >= 0.6 is 23.8 Å². The van der Waals surface area contributed by atoms with Crippen molar-refractivity contribution < 1.29 is 9.21 Å². The summed E-state index contributed by atoms with van der Waals surface area (Å²) in [6.07, 6.45) is 0. The first-order valence-corrected chi connectivity index (χ1v) is 8.60. The van der Waals surface area contributed by atoms with Crippen LogP contribution < -0.4 is 16.2 Å². The molecule has 0 spiro atoms. The molecule has 2 aromatic carbocycles. The van der Waals surface area contributed by atoms with Gasteiger partial charge < -0.3 is 9.73 Å². The second kappa shape index (κ2) is 8.03. The van der Waals surface area contributed by atoms with Crippen molar-refractivity contribution in [3.63, 3.8) is 0 Å². The van der Waals surface area contributed by atoms with Crippen LogP contribution in [0.25, 0.3) is 11.3 Å². The van der Waals surface area contributed by atoms with Crippen LogP contribution in [0.15, 0.2) is 65.1 Å². The largest absolute Gasteiger partial charge is 0.451 e. The molecular formula is C19H16ClN3O2S. The average molecular weight is 386 g/mol. The number of thiocarbonyl (C=S) groups is 1. The van der Waals surface area contributed by atoms with Crippen molar-refractivity contribution in [2.45, 2.75) is 6.92 Å². The molecule has 3 rings (SSSR count). The Hall–Kier alpha value is -2.83. The van der Waals surface area contributed by atoms with Gasteiger partial charge in [-0.1, -0.05) is 41.4 Å². The Morgan fingerprint density at radius 1 is 1.00 bits per heavy atom. The van der Waals surface area contributed by atoms with E-state index in [2.05, 4.69) is 16.2 Å². The lowest BCUT2D eigenvalue weighted by Crippen LogP contribution is -2.43. The fourth-order valence-corrected chi connectivity index (χ4v) is 2.64. The van der Waals surface area contributed by atoms with Crippen LogP contribution in [0.4, 0.5) is 5.69 Å². The van der Waals surface area contributed by atoms with Gasteiger partial charge in [0.05, 0.1) is 5.02 Å². The van der Waals surface area contributed by atoms with E-state index in [9.17, 15) is 4.79 Å². The molecule has 132 valence electrons. The van der Waals surface area contributed by atoms with Gasteiger partial charge in [-0.2, -0.15) is 0 Å². The van der Waals surface area contributed by atoms with Gasteiger partial charge in [0.1, 0.15) is 5.76 Å². The number of rotatable bonds is 3. The van der Waals surface area contributed by atoms with Crippen LogP contribution in [0.2, 0.25) is 5.02 Å². The first kappa shape index (κ1) is 18.0. The first-order valence-electron chi connectivity index (χ1n) is 7.81. The van der Waals surface area contributed by atoms with E-state index in [-0.39, 0.29) is 10.9 Å². The van der Waals surface area contributed by atoms with Crippen LogP contribution in [0.1, 0.15) is 16.1 Å². The molecule has 7 heteroatoms. The third-order valence-electron chi connectivity index (χ3n) is 3.57. The number of benzene rings is 2. The van der Waals surface area contributed by atoms with Crippen molar-refractivity contribution in [3.8, 4) is 11.3 Å². The highest BCUT2D eigenvalue weighted by Crippen LogP contribution is 2.28. The van der Waals surface area contributed by atoms with Crippen LogP contribution in [-0.4, -0.2) is 11.0 Å². The highest BCUT2D eigenvalue weighted by atomic mass is 35.5. The van der Waals surface area contributed by atoms with E-state index < -0.39 is 5.91 Å². The second-order valence-corrected chi connectivity index (χ2v) is 6.36. The van der Waals surface area contributed by atoms with Gasteiger partial charge in [0.2, 0.25) is 0 Å². The fourth-order valence-electron chi connectivity index (χ4n) is 2.24. The molecule has 5 nitrogen and oxygen atoms in total. The number of amides is 1. The molecule has 1 heterocycles. The zero-order valence-corrected chi connectivity index (χ0v) is 15.4. The van der Waals surface area contributed by atoms with Gasteiger partial charge in [0.15, 0.2) is 10.9 Å². The molecule has 0 radical (unpaired) electrons. The number of aryl methyl sites for hydroxylation is 1. The molecule has 1 aromatic heterocycles. The lowest BCUT2D eigenvalue weighted by Gasteiger charge is -2.11. The van der Waals surface area contributed by atoms with E-state index in [4.69, 9.17) is 28.2 Å². The molecule has 1 amide bonds. The Labute approximate surface area is 161 Å². The molecule has 0 saturated heterocycles. The van der Waals surface area contributed by atoms with Crippen molar-refractivity contribution >= 4 is 40.5 Å². The zero-order valence-electron chi connectivity index (χ0n) is 13.9. The standard InChI is InChI=1S/C19H16ClN3O2S/c1-12-6-8-13(9-7-12)21-19(26)23-22-18(24)17-11-10-16(25-17)14-4-2-3-5-15(14)20/h2-11H,1H3,(H,22,24)(H2,21,23,26). The van der Waals surface area contributed by atoms with Gasteiger partial charge in [-0.25, -0.2) is 0 Å². The van der Waals surface area contributed by atoms with Crippen LogP contribution in [0.3, 0.4) is 0 Å². The van der Waals surface area contributed by atoms with E-state index >= 15 is 0 Å². The van der Waals surface area contributed by atoms with Crippen LogP contribution in [0, 0.1) is 6.92 Å². The quantitative estimate of drug-likeness (QED) is 0.456. The van der Waals surface area contributed by atoms with Gasteiger partial charge in [-0.15, -0.1) is 0 Å². The number of carbonyl (C=O) groups is 1.